The van der Waals surface area contributed by atoms with Gasteiger partial charge < -0.3 is 5.32 Å². The van der Waals surface area contributed by atoms with Crippen molar-refractivity contribution in [2.45, 2.75) is 65.6 Å². The highest BCUT2D eigenvalue weighted by Crippen LogP contribution is 2.38. The molecule has 0 aromatic carbocycles. The second-order valence-corrected chi connectivity index (χ2v) is 6.87. The van der Waals surface area contributed by atoms with Crippen LogP contribution in [-0.4, -0.2) is 36.1 Å². The third-order valence-corrected chi connectivity index (χ3v) is 4.47. The van der Waals surface area contributed by atoms with Gasteiger partial charge in [-0.05, 0) is 24.2 Å². The summed E-state index contributed by atoms with van der Waals surface area (Å²) in [4.78, 5) is 2.79. The molecule has 4 atom stereocenters. The Labute approximate surface area is 101 Å². The van der Waals surface area contributed by atoms with E-state index < -0.39 is 0 Å². The average molecular weight is 224 g/mol. The van der Waals surface area contributed by atoms with Gasteiger partial charge in [0.25, 0.3) is 0 Å². The number of hydrogen-bond donors (Lipinski definition) is 1. The monoisotopic (exact) mass is 224 g/mol. The van der Waals surface area contributed by atoms with Crippen LogP contribution in [0, 0.1) is 11.3 Å². The highest BCUT2D eigenvalue weighted by Gasteiger charge is 2.44. The van der Waals surface area contributed by atoms with Crippen molar-refractivity contribution in [3.05, 3.63) is 0 Å². The van der Waals surface area contributed by atoms with Gasteiger partial charge in [0, 0.05) is 31.2 Å². The van der Waals surface area contributed by atoms with Crippen LogP contribution < -0.4 is 5.32 Å². The molecule has 1 heterocycles. The molecule has 1 saturated carbocycles. The molecule has 2 rings (SSSR count). The molecule has 0 spiro atoms. The highest BCUT2D eigenvalue weighted by atomic mass is 15.3. The molecule has 94 valence electrons. The van der Waals surface area contributed by atoms with Gasteiger partial charge in [-0.25, -0.2) is 0 Å². The van der Waals surface area contributed by atoms with Crippen molar-refractivity contribution >= 4 is 0 Å². The summed E-state index contributed by atoms with van der Waals surface area (Å²) in [5.74, 6) is 0.938. The van der Waals surface area contributed by atoms with Crippen molar-refractivity contribution in [3.8, 4) is 0 Å². The van der Waals surface area contributed by atoms with Crippen LogP contribution in [0.2, 0.25) is 0 Å². The van der Waals surface area contributed by atoms with E-state index in [1.54, 1.807) is 0 Å². The Hall–Kier alpha value is -0.0800. The van der Waals surface area contributed by atoms with Crippen LogP contribution in [0.25, 0.3) is 0 Å². The second kappa shape index (κ2) is 4.30. The fraction of sp³-hybridized carbons (Fsp3) is 1.00. The lowest BCUT2D eigenvalue weighted by molar-refractivity contribution is 0.0735. The predicted molar refractivity (Wildman–Crippen MR) is 69.6 cm³/mol. The molecule has 1 aliphatic carbocycles. The third kappa shape index (κ3) is 2.43. The summed E-state index contributed by atoms with van der Waals surface area (Å²) in [6.07, 6.45) is 2.71. The Morgan fingerprint density at radius 2 is 1.94 bits per heavy atom. The molecule has 0 radical (unpaired) electrons. The standard InChI is InChI=1S/C14H28N2/c1-6-11-8-15-13(14(3,4)5)9-16(11)12-7-10(12)2/h10-13,15H,6-9H2,1-5H3. The summed E-state index contributed by atoms with van der Waals surface area (Å²) in [5, 5.41) is 3.75. The van der Waals surface area contributed by atoms with Crippen molar-refractivity contribution in [1.29, 1.82) is 0 Å². The summed E-state index contributed by atoms with van der Waals surface area (Å²) in [5.41, 5.74) is 0.384. The molecule has 0 bridgehead atoms. The molecule has 2 aliphatic rings. The lowest BCUT2D eigenvalue weighted by Crippen LogP contribution is -2.60. The van der Waals surface area contributed by atoms with Gasteiger partial charge in [-0.15, -0.1) is 0 Å². The molecule has 1 saturated heterocycles. The number of hydrogen-bond acceptors (Lipinski definition) is 2. The van der Waals surface area contributed by atoms with E-state index in [1.807, 2.05) is 0 Å². The van der Waals surface area contributed by atoms with Gasteiger partial charge in [0.05, 0.1) is 0 Å². The normalized spacial score (nSPS) is 41.1. The van der Waals surface area contributed by atoms with Crippen LogP contribution in [0.4, 0.5) is 0 Å². The quantitative estimate of drug-likeness (QED) is 0.775. The lowest BCUT2D eigenvalue weighted by Gasteiger charge is -2.45. The third-order valence-electron chi connectivity index (χ3n) is 4.47. The van der Waals surface area contributed by atoms with E-state index in [0.717, 1.165) is 18.0 Å². The maximum atomic E-state index is 3.75. The maximum Gasteiger partial charge on any atom is 0.0244 e. The van der Waals surface area contributed by atoms with Gasteiger partial charge in [0.15, 0.2) is 0 Å². The topological polar surface area (TPSA) is 15.3 Å². The molecule has 0 aromatic heterocycles. The second-order valence-electron chi connectivity index (χ2n) is 6.87. The van der Waals surface area contributed by atoms with E-state index in [4.69, 9.17) is 0 Å². The minimum Gasteiger partial charge on any atom is -0.311 e. The van der Waals surface area contributed by atoms with Crippen LogP contribution in [0.5, 0.6) is 0 Å². The van der Waals surface area contributed by atoms with Gasteiger partial charge in [0.2, 0.25) is 0 Å². The van der Waals surface area contributed by atoms with Crippen LogP contribution in [0.3, 0.4) is 0 Å². The molecule has 0 amide bonds. The van der Waals surface area contributed by atoms with E-state index in [9.17, 15) is 0 Å². The van der Waals surface area contributed by atoms with Gasteiger partial charge in [-0.2, -0.15) is 0 Å². The van der Waals surface area contributed by atoms with E-state index in [1.165, 1.54) is 25.9 Å². The van der Waals surface area contributed by atoms with Crippen molar-refractivity contribution in [3.63, 3.8) is 0 Å². The van der Waals surface area contributed by atoms with Crippen LogP contribution >= 0.6 is 0 Å². The Kier molecular flexibility index (Phi) is 3.33. The van der Waals surface area contributed by atoms with Gasteiger partial charge >= 0.3 is 0 Å². The molecule has 2 fully saturated rings. The number of nitrogens with zero attached hydrogens (tertiary/aromatic N) is 1. The Morgan fingerprint density at radius 1 is 1.31 bits per heavy atom. The summed E-state index contributed by atoms with van der Waals surface area (Å²) in [7, 11) is 0. The molecular formula is C14H28N2. The van der Waals surface area contributed by atoms with E-state index >= 15 is 0 Å². The minimum absolute atomic E-state index is 0.384. The first kappa shape index (κ1) is 12.4. The summed E-state index contributed by atoms with van der Waals surface area (Å²) in [6, 6.07) is 2.31. The number of rotatable bonds is 2. The van der Waals surface area contributed by atoms with E-state index in [-0.39, 0.29) is 0 Å². The van der Waals surface area contributed by atoms with Gasteiger partial charge in [-0.3, -0.25) is 4.90 Å². The molecule has 2 heteroatoms. The first-order valence-corrected chi connectivity index (χ1v) is 6.92. The van der Waals surface area contributed by atoms with Crippen molar-refractivity contribution in [1.82, 2.24) is 10.2 Å². The molecule has 16 heavy (non-hydrogen) atoms. The van der Waals surface area contributed by atoms with Gasteiger partial charge in [-0.1, -0.05) is 34.6 Å². The summed E-state index contributed by atoms with van der Waals surface area (Å²) < 4.78 is 0. The van der Waals surface area contributed by atoms with Crippen molar-refractivity contribution < 1.29 is 0 Å². The van der Waals surface area contributed by atoms with Crippen molar-refractivity contribution in [2.75, 3.05) is 13.1 Å². The molecule has 4 unspecified atom stereocenters. The number of nitrogens with one attached hydrogen (secondary N) is 1. The fourth-order valence-corrected chi connectivity index (χ4v) is 2.95. The SMILES string of the molecule is CCC1CNC(C(C)(C)C)CN1C1CC1C. The first-order valence-electron chi connectivity index (χ1n) is 6.92. The lowest BCUT2D eigenvalue weighted by atomic mass is 9.84. The average Bonchev–Trinajstić information content (AvgIpc) is 2.93. The summed E-state index contributed by atoms with van der Waals surface area (Å²) >= 11 is 0. The zero-order valence-corrected chi connectivity index (χ0v) is 11.6. The Bertz CT molecular complexity index is 244. The fourth-order valence-electron chi connectivity index (χ4n) is 2.95. The maximum absolute atomic E-state index is 3.75. The minimum atomic E-state index is 0.384. The molecule has 1 aliphatic heterocycles. The zero-order valence-electron chi connectivity index (χ0n) is 11.6. The van der Waals surface area contributed by atoms with E-state index in [2.05, 4.69) is 44.8 Å². The van der Waals surface area contributed by atoms with Crippen LogP contribution in [0.1, 0.15) is 47.5 Å². The molecule has 0 aromatic rings. The number of piperazine rings is 1. The predicted octanol–water partition coefficient (Wildman–Crippen LogP) is 2.49. The Balaban J connectivity index is 2.01. The molecule has 2 nitrogen and oxygen atoms in total. The molecular weight excluding hydrogens is 196 g/mol. The van der Waals surface area contributed by atoms with Gasteiger partial charge in [0.1, 0.15) is 0 Å². The largest absolute Gasteiger partial charge is 0.311 e. The first-order chi connectivity index (χ1) is 7.43. The van der Waals surface area contributed by atoms with Crippen molar-refractivity contribution in [2.24, 2.45) is 11.3 Å². The highest BCUT2D eigenvalue weighted by molar-refractivity contribution is 5.00. The summed E-state index contributed by atoms with van der Waals surface area (Å²) in [6.45, 7) is 14.2. The van der Waals surface area contributed by atoms with Crippen LogP contribution in [0.15, 0.2) is 0 Å². The smallest absolute Gasteiger partial charge is 0.0244 e. The zero-order chi connectivity index (χ0) is 11.9. The Morgan fingerprint density at radius 3 is 2.38 bits per heavy atom. The van der Waals surface area contributed by atoms with E-state index in [0.29, 0.717) is 11.5 Å². The van der Waals surface area contributed by atoms with Crippen LogP contribution in [-0.2, 0) is 0 Å². The molecule has 1 N–H and O–H groups in total.